The van der Waals surface area contributed by atoms with Crippen molar-refractivity contribution in [1.82, 2.24) is 0 Å². The lowest BCUT2D eigenvalue weighted by atomic mass is 9.75. The Morgan fingerprint density at radius 1 is 1.09 bits per heavy atom. The van der Waals surface area contributed by atoms with Gasteiger partial charge in [-0.1, -0.05) is 57.5 Å². The topological polar surface area (TPSA) is 137 Å². The van der Waals surface area contributed by atoms with Gasteiger partial charge in [-0.3, -0.25) is 25.7 Å². The predicted octanol–water partition coefficient (Wildman–Crippen LogP) is 5.32. The number of nitrogens with zero attached hydrogens (tertiary/aromatic N) is 3. The highest BCUT2D eigenvalue weighted by atomic mass is 16.6. The molecule has 10 heteroatoms. The van der Waals surface area contributed by atoms with Crippen molar-refractivity contribution in [3.8, 4) is 0 Å². The smallest absolute Gasteiger partial charge is 0.359 e. The summed E-state index contributed by atoms with van der Waals surface area (Å²) in [6.45, 7) is 6.37. The van der Waals surface area contributed by atoms with Crippen molar-refractivity contribution < 1.29 is 19.4 Å². The number of hydrogen-bond donors (Lipinski definition) is 1. The van der Waals surface area contributed by atoms with Crippen molar-refractivity contribution in [2.24, 2.45) is 22.9 Å². The van der Waals surface area contributed by atoms with Gasteiger partial charge in [0.15, 0.2) is 5.71 Å². The number of hydrogen-bond acceptors (Lipinski definition) is 8. The molecule has 0 spiro atoms. The second-order valence-electron chi connectivity index (χ2n) is 8.92. The Labute approximate surface area is 197 Å². The predicted molar refractivity (Wildman–Crippen MR) is 128 cm³/mol. The summed E-state index contributed by atoms with van der Waals surface area (Å²) in [7, 11) is 0. The Balaban J connectivity index is 1.92. The lowest BCUT2D eigenvalue weighted by molar-refractivity contribution is -0.393. The zero-order chi connectivity index (χ0) is 24.8. The molecule has 0 aromatic heterocycles. The Kier molecular flexibility index (Phi) is 7.93. The van der Waals surface area contributed by atoms with Crippen molar-refractivity contribution in [1.29, 1.82) is 0 Å². The number of ether oxygens (including phenoxy) is 1. The van der Waals surface area contributed by atoms with Crippen LogP contribution in [0.25, 0.3) is 0 Å². The summed E-state index contributed by atoms with van der Waals surface area (Å²) in [5.74, 6) is 0.392. The van der Waals surface area contributed by atoms with E-state index in [0.717, 1.165) is 31.4 Å². The molecule has 1 saturated carbocycles. The first-order valence-corrected chi connectivity index (χ1v) is 11.2. The zero-order valence-corrected chi connectivity index (χ0v) is 19.3. The van der Waals surface area contributed by atoms with Crippen molar-refractivity contribution in [2.75, 3.05) is 5.43 Å². The summed E-state index contributed by atoms with van der Waals surface area (Å²) < 4.78 is 5.94. The van der Waals surface area contributed by atoms with Crippen LogP contribution < -0.4 is 5.43 Å². The molecule has 10 nitrogen and oxygen atoms in total. The van der Waals surface area contributed by atoms with E-state index in [0.29, 0.717) is 17.4 Å². The molecule has 3 rings (SSSR count). The summed E-state index contributed by atoms with van der Waals surface area (Å²) >= 11 is 0. The van der Waals surface area contributed by atoms with Gasteiger partial charge in [0.2, 0.25) is 0 Å². The normalized spacial score (nSPS) is 20.6. The third-order valence-corrected chi connectivity index (χ3v) is 6.14. The highest BCUT2D eigenvalue weighted by molar-refractivity contribution is 6.43. The molecule has 1 N–H and O–H groups in total. The molecule has 0 amide bonds. The van der Waals surface area contributed by atoms with Crippen LogP contribution in [0.3, 0.4) is 0 Å². The number of nitro benzene ring substituents is 2. The number of benzene rings is 2. The van der Waals surface area contributed by atoms with Crippen LogP contribution in [0.1, 0.15) is 45.6 Å². The fourth-order valence-corrected chi connectivity index (χ4v) is 4.26. The van der Waals surface area contributed by atoms with E-state index in [1.54, 1.807) is 30.3 Å². The highest BCUT2D eigenvalue weighted by Crippen LogP contribution is 2.35. The summed E-state index contributed by atoms with van der Waals surface area (Å²) in [4.78, 5) is 34.2. The number of nitrogens with one attached hydrogen (secondary N) is 1. The summed E-state index contributed by atoms with van der Waals surface area (Å²) in [6.07, 6.45) is 2.57. The molecule has 3 atom stereocenters. The van der Waals surface area contributed by atoms with Gasteiger partial charge in [-0.2, -0.15) is 5.10 Å². The van der Waals surface area contributed by atoms with Gasteiger partial charge in [0.25, 0.3) is 5.69 Å². The van der Waals surface area contributed by atoms with E-state index in [1.165, 1.54) is 6.07 Å². The molecule has 0 bridgehead atoms. The van der Waals surface area contributed by atoms with Crippen LogP contribution in [-0.2, 0) is 9.53 Å². The number of hydrazone groups is 1. The molecule has 0 aliphatic heterocycles. The van der Waals surface area contributed by atoms with Crippen LogP contribution in [0.5, 0.6) is 0 Å². The average Bonchev–Trinajstić information content (AvgIpc) is 2.79. The summed E-state index contributed by atoms with van der Waals surface area (Å²) in [5, 5.41) is 26.6. The first kappa shape index (κ1) is 24.8. The van der Waals surface area contributed by atoms with Gasteiger partial charge < -0.3 is 4.74 Å². The van der Waals surface area contributed by atoms with Gasteiger partial charge in [0.05, 0.1) is 15.9 Å². The maximum atomic E-state index is 13.3. The highest BCUT2D eigenvalue weighted by Gasteiger charge is 2.34. The number of non-ortho nitro benzene ring substituents is 1. The van der Waals surface area contributed by atoms with Crippen LogP contribution in [-0.4, -0.2) is 27.6 Å². The molecular weight excluding hydrogens is 440 g/mol. The molecule has 0 unspecified atom stereocenters. The van der Waals surface area contributed by atoms with E-state index in [4.69, 9.17) is 4.74 Å². The molecule has 1 aliphatic carbocycles. The molecule has 180 valence electrons. The van der Waals surface area contributed by atoms with E-state index < -0.39 is 27.2 Å². The molecule has 2 aromatic rings. The molecule has 34 heavy (non-hydrogen) atoms. The maximum absolute atomic E-state index is 13.3. The van der Waals surface area contributed by atoms with Crippen LogP contribution in [0.4, 0.5) is 17.1 Å². The quantitative estimate of drug-likeness (QED) is 0.239. The van der Waals surface area contributed by atoms with Crippen LogP contribution in [0.2, 0.25) is 0 Å². The van der Waals surface area contributed by atoms with Gasteiger partial charge in [-0.05, 0) is 36.7 Å². The van der Waals surface area contributed by atoms with E-state index in [9.17, 15) is 25.0 Å². The number of carbonyl (C=O) groups excluding carboxylic acids is 1. The van der Waals surface area contributed by atoms with Crippen LogP contribution in [0, 0.1) is 38.0 Å². The van der Waals surface area contributed by atoms with Gasteiger partial charge >= 0.3 is 11.7 Å². The maximum Gasteiger partial charge on any atom is 0.359 e. The molecule has 0 radical (unpaired) electrons. The van der Waals surface area contributed by atoms with Crippen molar-refractivity contribution in [2.45, 2.75) is 46.1 Å². The number of esters is 1. The average molecular weight is 469 g/mol. The number of anilines is 1. The standard InChI is InChI=1S/C24H28N4O6/c1-15(2)19-11-9-16(3)13-22(19)34-24(29)23(17-7-5-4-6-8-17)26-25-20-12-10-18(27(30)31)14-21(20)28(32)33/h4-8,10,12,14-16,19,22,25H,9,11,13H2,1-3H3/t16-,19-,22-/m1/s1. The molecule has 0 heterocycles. The molecule has 0 saturated heterocycles. The van der Waals surface area contributed by atoms with Crippen LogP contribution in [0.15, 0.2) is 53.6 Å². The molecule has 2 aromatic carbocycles. The largest absolute Gasteiger partial charge is 0.457 e. The van der Waals surface area contributed by atoms with E-state index in [1.807, 2.05) is 0 Å². The number of nitro groups is 2. The first-order valence-electron chi connectivity index (χ1n) is 11.2. The SMILES string of the molecule is CC(C)[C@H]1CC[C@@H](C)C[C@H]1OC(=O)C(=NNc1ccc([N+](=O)[O-])cc1[N+](=O)[O-])c1ccccc1. The molecule has 1 fully saturated rings. The van der Waals surface area contributed by atoms with Crippen molar-refractivity contribution in [3.63, 3.8) is 0 Å². The second kappa shape index (κ2) is 10.9. The fourth-order valence-electron chi connectivity index (χ4n) is 4.26. The van der Waals surface area contributed by atoms with Crippen molar-refractivity contribution >= 4 is 28.7 Å². The Hall–Kier alpha value is -3.82. The third kappa shape index (κ3) is 5.94. The molecule has 1 aliphatic rings. The van der Waals surface area contributed by atoms with Crippen molar-refractivity contribution in [3.05, 3.63) is 74.3 Å². The molecular formula is C24H28N4O6. The van der Waals surface area contributed by atoms with Gasteiger partial charge in [-0.15, -0.1) is 0 Å². The Morgan fingerprint density at radius 2 is 1.79 bits per heavy atom. The lowest BCUT2D eigenvalue weighted by Gasteiger charge is -2.36. The minimum Gasteiger partial charge on any atom is -0.457 e. The zero-order valence-electron chi connectivity index (χ0n) is 19.3. The minimum absolute atomic E-state index is 0.0333. The lowest BCUT2D eigenvalue weighted by Crippen LogP contribution is -2.37. The minimum atomic E-state index is -0.748. The van der Waals surface area contributed by atoms with Gasteiger partial charge in [0, 0.05) is 11.6 Å². The Bertz CT molecular complexity index is 1090. The summed E-state index contributed by atoms with van der Waals surface area (Å²) in [6, 6.07) is 11.8. The fraction of sp³-hybridized carbons (Fsp3) is 0.417. The second-order valence-corrected chi connectivity index (χ2v) is 8.92. The van der Waals surface area contributed by atoms with Gasteiger partial charge in [-0.25, -0.2) is 4.79 Å². The van der Waals surface area contributed by atoms with E-state index in [-0.39, 0.29) is 23.4 Å². The van der Waals surface area contributed by atoms with E-state index in [2.05, 4.69) is 31.3 Å². The number of rotatable bonds is 8. The van der Waals surface area contributed by atoms with E-state index >= 15 is 0 Å². The first-order chi connectivity index (χ1) is 16.2. The van der Waals surface area contributed by atoms with Crippen LogP contribution >= 0.6 is 0 Å². The Morgan fingerprint density at radius 3 is 2.41 bits per heavy atom. The number of carbonyl (C=O) groups is 1. The monoisotopic (exact) mass is 468 g/mol. The summed E-state index contributed by atoms with van der Waals surface area (Å²) in [5.41, 5.74) is 1.96. The van der Waals surface area contributed by atoms with Gasteiger partial charge in [0.1, 0.15) is 11.8 Å². The third-order valence-electron chi connectivity index (χ3n) is 6.14.